The van der Waals surface area contributed by atoms with Gasteiger partial charge in [-0.05, 0) is 19.8 Å². The summed E-state index contributed by atoms with van der Waals surface area (Å²) in [4.78, 5) is 22.4. The van der Waals surface area contributed by atoms with Gasteiger partial charge in [-0.3, -0.25) is 0 Å². The van der Waals surface area contributed by atoms with Crippen LogP contribution in [-0.4, -0.2) is 54.5 Å². The number of hydrogen-bond donors (Lipinski definition) is 0. The van der Waals surface area contributed by atoms with Crippen LogP contribution in [0.1, 0.15) is 19.8 Å². The van der Waals surface area contributed by atoms with Gasteiger partial charge in [0.15, 0.2) is 10.1 Å². The molecule has 0 aromatic rings. The van der Waals surface area contributed by atoms with Crippen molar-refractivity contribution < 1.29 is 45.2 Å². The SMILES string of the molecule is C=C(C)C(=O)OCCOC(=O)[S+]1CCCC1.O=S(=O)([O-])C(F)(F)F. The van der Waals surface area contributed by atoms with Gasteiger partial charge in [0.2, 0.25) is 0 Å². The molecule has 0 bridgehead atoms. The van der Waals surface area contributed by atoms with Crippen LogP contribution in [0, 0.1) is 0 Å². The van der Waals surface area contributed by atoms with Crippen LogP contribution in [0.2, 0.25) is 0 Å². The maximum Gasteiger partial charge on any atom is 0.525 e. The van der Waals surface area contributed by atoms with Gasteiger partial charge in [-0.2, -0.15) is 18.0 Å². The van der Waals surface area contributed by atoms with E-state index in [0.29, 0.717) is 5.57 Å². The molecule has 24 heavy (non-hydrogen) atoms. The number of carbonyl (C=O) groups is 2. The average Bonchev–Trinajstić information content (AvgIpc) is 2.95. The second-order valence-corrected chi connectivity index (χ2v) is 8.03. The minimum Gasteiger partial charge on any atom is -0.741 e. The Morgan fingerprint density at radius 2 is 1.58 bits per heavy atom. The predicted octanol–water partition coefficient (Wildman–Crippen LogP) is 1.71. The minimum atomic E-state index is -6.09. The molecule has 1 heterocycles. The molecule has 1 rings (SSSR count). The van der Waals surface area contributed by atoms with Crippen LogP contribution < -0.4 is 0 Å². The number of carbonyl (C=O) groups excluding carboxylic acids is 2. The van der Waals surface area contributed by atoms with Crippen molar-refractivity contribution in [2.75, 3.05) is 24.7 Å². The van der Waals surface area contributed by atoms with E-state index in [1.54, 1.807) is 6.92 Å². The molecule has 0 aromatic heterocycles. The summed E-state index contributed by atoms with van der Waals surface area (Å²) in [5.74, 6) is 1.45. The predicted molar refractivity (Wildman–Crippen MR) is 79.2 cm³/mol. The van der Waals surface area contributed by atoms with Crippen LogP contribution in [-0.2, 0) is 35.3 Å². The second-order valence-electron chi connectivity index (χ2n) is 4.52. The molecule has 1 saturated heterocycles. The molecule has 0 saturated carbocycles. The van der Waals surface area contributed by atoms with Gasteiger partial charge in [0.25, 0.3) is 0 Å². The summed E-state index contributed by atoms with van der Waals surface area (Å²) >= 11 is 0. The van der Waals surface area contributed by atoms with E-state index < -0.39 is 21.6 Å². The van der Waals surface area contributed by atoms with Gasteiger partial charge >= 0.3 is 16.8 Å². The Bertz CT molecular complexity index is 551. The van der Waals surface area contributed by atoms with Crippen molar-refractivity contribution in [3.8, 4) is 0 Å². The maximum atomic E-state index is 11.5. The quantitative estimate of drug-likeness (QED) is 0.178. The Balaban J connectivity index is 0.000000561. The van der Waals surface area contributed by atoms with Gasteiger partial charge in [-0.1, -0.05) is 6.58 Å². The van der Waals surface area contributed by atoms with Crippen LogP contribution in [0.3, 0.4) is 0 Å². The molecule has 0 aliphatic carbocycles. The zero-order valence-electron chi connectivity index (χ0n) is 12.8. The van der Waals surface area contributed by atoms with Crippen molar-refractivity contribution in [2.45, 2.75) is 25.3 Å². The van der Waals surface area contributed by atoms with Crippen LogP contribution in [0.5, 0.6) is 0 Å². The monoisotopic (exact) mass is 394 g/mol. The summed E-state index contributed by atoms with van der Waals surface area (Å²) in [7, 11) is -6.30. The van der Waals surface area contributed by atoms with Crippen molar-refractivity contribution >= 4 is 32.3 Å². The van der Waals surface area contributed by atoms with E-state index in [4.69, 9.17) is 22.4 Å². The topological polar surface area (TPSA) is 110 Å². The van der Waals surface area contributed by atoms with E-state index in [-0.39, 0.29) is 29.4 Å². The highest BCUT2D eigenvalue weighted by Crippen LogP contribution is 2.20. The molecule has 0 amide bonds. The number of alkyl halides is 3. The first kappa shape index (κ1) is 22.7. The Labute approximate surface area is 140 Å². The van der Waals surface area contributed by atoms with Crippen LogP contribution in [0.4, 0.5) is 18.0 Å². The highest BCUT2D eigenvalue weighted by atomic mass is 32.2. The fraction of sp³-hybridized carbons (Fsp3) is 0.667. The normalized spacial score (nSPS) is 15.2. The second kappa shape index (κ2) is 9.89. The van der Waals surface area contributed by atoms with Gasteiger partial charge in [-0.15, -0.1) is 0 Å². The Hall–Kier alpha value is -1.27. The summed E-state index contributed by atoms with van der Waals surface area (Å²) in [5, 5.41) is -0.135. The smallest absolute Gasteiger partial charge is 0.525 e. The van der Waals surface area contributed by atoms with E-state index >= 15 is 0 Å². The Kier molecular flexibility index (Phi) is 9.37. The lowest BCUT2D eigenvalue weighted by Gasteiger charge is -2.08. The largest absolute Gasteiger partial charge is 0.741 e. The molecule has 0 atom stereocenters. The molecule has 12 heteroatoms. The van der Waals surface area contributed by atoms with Gasteiger partial charge < -0.3 is 14.0 Å². The molecular formula is C12H17F3O7S2. The average molecular weight is 394 g/mol. The first-order chi connectivity index (χ1) is 10.9. The molecule has 1 fully saturated rings. The first-order valence-electron chi connectivity index (χ1n) is 6.55. The van der Waals surface area contributed by atoms with Crippen molar-refractivity contribution in [3.63, 3.8) is 0 Å². The summed E-state index contributed by atoms with van der Waals surface area (Å²) < 4.78 is 68.7. The molecule has 1 aliphatic heterocycles. The van der Waals surface area contributed by atoms with Crippen molar-refractivity contribution in [2.24, 2.45) is 0 Å². The fourth-order valence-electron chi connectivity index (χ4n) is 1.29. The van der Waals surface area contributed by atoms with E-state index in [0.717, 1.165) is 24.3 Å². The van der Waals surface area contributed by atoms with Crippen LogP contribution >= 0.6 is 0 Å². The van der Waals surface area contributed by atoms with Gasteiger partial charge in [0.05, 0.1) is 0 Å². The summed E-state index contributed by atoms with van der Waals surface area (Å²) in [6.07, 6.45) is 2.23. The number of rotatable bonds is 4. The third-order valence-corrected chi connectivity index (χ3v) is 5.15. The minimum absolute atomic E-state index is 0.106. The maximum absolute atomic E-state index is 11.5. The van der Waals surface area contributed by atoms with Gasteiger partial charge in [0, 0.05) is 5.57 Å². The van der Waals surface area contributed by atoms with E-state index in [1.165, 1.54) is 0 Å². The number of halogens is 3. The molecule has 140 valence electrons. The van der Waals surface area contributed by atoms with E-state index in [9.17, 15) is 22.8 Å². The summed E-state index contributed by atoms with van der Waals surface area (Å²) in [5.41, 5.74) is -5.29. The van der Waals surface area contributed by atoms with Crippen molar-refractivity contribution in [3.05, 3.63) is 12.2 Å². The number of ether oxygens (including phenoxy) is 2. The standard InChI is InChI=1S/C11H17O4S.CHF3O3S/c1-9(2)10(12)14-5-6-15-11(13)16-7-3-4-8-16;2-1(3,4)8(5,6)7/h1,3-8H2,2H3;(H,5,6,7)/q+1;/p-1. The van der Waals surface area contributed by atoms with Gasteiger partial charge in [0.1, 0.15) is 35.6 Å². The third kappa shape index (κ3) is 9.13. The summed E-state index contributed by atoms with van der Waals surface area (Å²) in [6.45, 7) is 5.27. The van der Waals surface area contributed by atoms with Crippen LogP contribution in [0.25, 0.3) is 0 Å². The lowest BCUT2D eigenvalue weighted by atomic mass is 10.4. The lowest BCUT2D eigenvalue weighted by Crippen LogP contribution is -2.21. The van der Waals surface area contributed by atoms with Crippen LogP contribution in [0.15, 0.2) is 12.2 Å². The first-order valence-corrected chi connectivity index (χ1v) is 9.52. The molecule has 0 aromatic carbocycles. The molecule has 0 spiro atoms. The lowest BCUT2D eigenvalue weighted by molar-refractivity contribution is -0.139. The van der Waals surface area contributed by atoms with Crippen molar-refractivity contribution in [1.82, 2.24) is 0 Å². The Morgan fingerprint density at radius 1 is 1.17 bits per heavy atom. The Morgan fingerprint density at radius 3 is 1.96 bits per heavy atom. The summed E-state index contributed by atoms with van der Waals surface area (Å²) in [6, 6.07) is 0. The molecule has 1 aliphatic rings. The van der Waals surface area contributed by atoms with E-state index in [2.05, 4.69) is 6.58 Å². The molecule has 0 unspecified atom stereocenters. The molecule has 0 radical (unpaired) electrons. The zero-order valence-corrected chi connectivity index (χ0v) is 14.4. The third-order valence-electron chi connectivity index (χ3n) is 2.44. The number of esters is 1. The van der Waals surface area contributed by atoms with E-state index in [1.807, 2.05) is 0 Å². The van der Waals surface area contributed by atoms with Crippen molar-refractivity contribution in [1.29, 1.82) is 0 Å². The molecule has 0 N–H and O–H groups in total. The number of hydrogen-bond acceptors (Lipinski definition) is 7. The molecule has 7 nitrogen and oxygen atoms in total. The fourth-order valence-corrected chi connectivity index (χ4v) is 3.18. The highest BCUT2D eigenvalue weighted by molar-refractivity contribution is 8.10. The zero-order chi connectivity index (χ0) is 19.0. The van der Waals surface area contributed by atoms with Gasteiger partial charge in [-0.25, -0.2) is 13.2 Å². The highest BCUT2D eigenvalue weighted by Gasteiger charge is 2.37. The molecular weight excluding hydrogens is 377 g/mol.